The molecule has 3 nitrogen and oxygen atoms in total. The van der Waals surface area contributed by atoms with Crippen LogP contribution >= 0.6 is 34.7 Å². The molecule has 1 atom stereocenters. The van der Waals surface area contributed by atoms with Gasteiger partial charge in [0.2, 0.25) is 0 Å². The van der Waals surface area contributed by atoms with E-state index < -0.39 is 6.10 Å². The second-order valence-electron chi connectivity index (χ2n) is 4.68. The maximum atomic E-state index is 10.0. The molecule has 3 rings (SSSR count). The number of thiazole rings is 1. The van der Waals surface area contributed by atoms with Gasteiger partial charge in [0, 0.05) is 10.8 Å². The van der Waals surface area contributed by atoms with E-state index in [1.807, 2.05) is 48.5 Å². The van der Waals surface area contributed by atoms with Gasteiger partial charge in [0.05, 0.1) is 16.3 Å². The van der Waals surface area contributed by atoms with Gasteiger partial charge in [-0.25, -0.2) is 4.98 Å². The van der Waals surface area contributed by atoms with E-state index in [0.717, 1.165) is 20.3 Å². The van der Waals surface area contributed by atoms with Gasteiger partial charge in [-0.2, -0.15) is 0 Å². The monoisotopic (exact) mass is 351 g/mol. The summed E-state index contributed by atoms with van der Waals surface area (Å²) in [4.78, 5) is 4.51. The Balaban J connectivity index is 1.52. The number of para-hydroxylation sites is 1. The number of aliphatic hydroxyl groups excluding tert-OH is 1. The summed E-state index contributed by atoms with van der Waals surface area (Å²) in [6.07, 6.45) is -0.541. The van der Waals surface area contributed by atoms with Crippen molar-refractivity contribution in [2.24, 2.45) is 0 Å². The molecule has 1 heterocycles. The fourth-order valence-corrected chi connectivity index (χ4v) is 4.01. The fraction of sp³-hybridized carbons (Fsp3) is 0.188. The molecule has 1 aromatic heterocycles. The molecule has 0 bridgehead atoms. The number of aliphatic hydroxyl groups is 1. The molecule has 0 spiro atoms. The molecule has 0 aliphatic rings. The summed E-state index contributed by atoms with van der Waals surface area (Å²) >= 11 is 9.09. The second-order valence-corrected chi connectivity index (χ2v) is 7.41. The third-order valence-corrected chi connectivity index (χ3v) is 5.47. The van der Waals surface area contributed by atoms with Crippen LogP contribution in [0.2, 0.25) is 5.02 Å². The Bertz CT molecular complexity index is 748. The van der Waals surface area contributed by atoms with Crippen molar-refractivity contribution in [1.82, 2.24) is 4.98 Å². The molecule has 0 saturated carbocycles. The van der Waals surface area contributed by atoms with E-state index in [9.17, 15) is 5.11 Å². The van der Waals surface area contributed by atoms with E-state index in [1.165, 1.54) is 11.8 Å². The Labute approximate surface area is 141 Å². The molecule has 1 N–H and O–H groups in total. The minimum atomic E-state index is -0.541. The minimum Gasteiger partial charge on any atom is -0.491 e. The van der Waals surface area contributed by atoms with Crippen molar-refractivity contribution < 1.29 is 9.84 Å². The molecule has 22 heavy (non-hydrogen) atoms. The van der Waals surface area contributed by atoms with Crippen molar-refractivity contribution >= 4 is 44.9 Å². The zero-order valence-corrected chi connectivity index (χ0v) is 14.0. The Morgan fingerprint density at radius 2 is 2.05 bits per heavy atom. The summed E-state index contributed by atoms with van der Waals surface area (Å²) in [7, 11) is 0. The third kappa shape index (κ3) is 4.14. The lowest BCUT2D eigenvalue weighted by atomic mass is 10.3. The fourth-order valence-electron chi connectivity index (χ4n) is 1.87. The van der Waals surface area contributed by atoms with E-state index in [0.29, 0.717) is 10.8 Å². The Morgan fingerprint density at radius 3 is 2.86 bits per heavy atom. The van der Waals surface area contributed by atoms with Crippen LogP contribution in [0.5, 0.6) is 5.75 Å². The molecule has 0 aliphatic heterocycles. The maximum Gasteiger partial charge on any atom is 0.151 e. The van der Waals surface area contributed by atoms with Gasteiger partial charge in [-0.15, -0.1) is 11.3 Å². The topological polar surface area (TPSA) is 42.4 Å². The van der Waals surface area contributed by atoms with E-state index >= 15 is 0 Å². The number of nitrogens with zero attached hydrogens (tertiary/aromatic N) is 1. The molecule has 0 radical (unpaired) electrons. The molecule has 3 aromatic rings. The van der Waals surface area contributed by atoms with Crippen LogP contribution in [0, 0.1) is 0 Å². The first-order chi connectivity index (χ1) is 10.7. The predicted molar refractivity (Wildman–Crippen MR) is 93.3 cm³/mol. The summed E-state index contributed by atoms with van der Waals surface area (Å²) in [5.41, 5.74) is 0.898. The first-order valence-corrected chi connectivity index (χ1v) is 8.93. The number of benzene rings is 2. The van der Waals surface area contributed by atoms with Gasteiger partial charge in [0.15, 0.2) is 4.34 Å². The highest BCUT2D eigenvalue weighted by atomic mass is 35.5. The number of rotatable bonds is 6. The first kappa shape index (κ1) is 15.6. The van der Waals surface area contributed by atoms with E-state index in [4.69, 9.17) is 16.3 Å². The number of thioether (sulfide) groups is 1. The smallest absolute Gasteiger partial charge is 0.151 e. The minimum absolute atomic E-state index is 0.272. The van der Waals surface area contributed by atoms with Crippen LogP contribution in [-0.2, 0) is 0 Å². The lowest BCUT2D eigenvalue weighted by Crippen LogP contribution is -2.19. The number of halogens is 1. The summed E-state index contributed by atoms with van der Waals surface area (Å²) in [6, 6.07) is 15.2. The van der Waals surface area contributed by atoms with Crippen molar-refractivity contribution in [2.45, 2.75) is 10.4 Å². The summed E-state index contributed by atoms with van der Waals surface area (Å²) in [5, 5.41) is 10.7. The SMILES string of the molecule is O[C@H](COc1ccccc1)CSc1nc2cc(Cl)ccc2s1. The van der Waals surface area contributed by atoms with Crippen molar-refractivity contribution in [3.05, 3.63) is 53.6 Å². The van der Waals surface area contributed by atoms with Crippen LogP contribution < -0.4 is 4.74 Å². The molecule has 0 unspecified atom stereocenters. The highest BCUT2D eigenvalue weighted by Crippen LogP contribution is 2.31. The highest BCUT2D eigenvalue weighted by molar-refractivity contribution is 8.01. The largest absolute Gasteiger partial charge is 0.491 e. The first-order valence-electron chi connectivity index (χ1n) is 6.75. The summed E-state index contributed by atoms with van der Waals surface area (Å²) in [5.74, 6) is 1.31. The van der Waals surface area contributed by atoms with Crippen molar-refractivity contribution in [1.29, 1.82) is 0 Å². The Kier molecular flexibility index (Phi) is 5.20. The van der Waals surface area contributed by atoms with Crippen molar-refractivity contribution in [2.75, 3.05) is 12.4 Å². The molecule has 2 aromatic carbocycles. The standard InChI is InChI=1S/C16H14ClNO2S2/c17-11-6-7-15-14(8-11)18-16(22-15)21-10-12(19)9-20-13-4-2-1-3-5-13/h1-8,12,19H,9-10H2/t12-/m1/s1. The lowest BCUT2D eigenvalue weighted by Gasteiger charge is -2.11. The van der Waals surface area contributed by atoms with Gasteiger partial charge in [-0.1, -0.05) is 41.6 Å². The number of hydrogen-bond donors (Lipinski definition) is 1. The third-order valence-electron chi connectivity index (χ3n) is 2.91. The zero-order valence-electron chi connectivity index (χ0n) is 11.6. The van der Waals surface area contributed by atoms with Gasteiger partial charge >= 0.3 is 0 Å². The zero-order chi connectivity index (χ0) is 15.4. The van der Waals surface area contributed by atoms with E-state index in [-0.39, 0.29) is 6.61 Å². The highest BCUT2D eigenvalue weighted by Gasteiger charge is 2.10. The molecular weight excluding hydrogens is 338 g/mol. The van der Waals surface area contributed by atoms with Gasteiger partial charge in [-0.3, -0.25) is 0 Å². The van der Waals surface area contributed by atoms with Crippen LogP contribution in [0.1, 0.15) is 0 Å². The molecule has 6 heteroatoms. The maximum absolute atomic E-state index is 10.0. The molecule has 0 amide bonds. The average Bonchev–Trinajstić information content (AvgIpc) is 2.94. The van der Waals surface area contributed by atoms with Gasteiger partial charge in [0.25, 0.3) is 0 Å². The number of ether oxygens (including phenoxy) is 1. The number of hydrogen-bond acceptors (Lipinski definition) is 5. The molecule has 0 saturated heterocycles. The van der Waals surface area contributed by atoms with Crippen LogP contribution in [0.15, 0.2) is 52.9 Å². The summed E-state index contributed by atoms with van der Waals surface area (Å²) < 4.78 is 7.56. The van der Waals surface area contributed by atoms with Crippen LogP contribution in [-0.4, -0.2) is 28.6 Å². The average molecular weight is 352 g/mol. The number of aromatic nitrogens is 1. The normalized spacial score (nSPS) is 12.5. The van der Waals surface area contributed by atoms with E-state index in [1.54, 1.807) is 11.3 Å². The number of fused-ring (bicyclic) bond motifs is 1. The van der Waals surface area contributed by atoms with Crippen LogP contribution in [0.3, 0.4) is 0 Å². The predicted octanol–water partition coefficient (Wildman–Crippen LogP) is 4.48. The molecule has 114 valence electrons. The Morgan fingerprint density at radius 1 is 1.23 bits per heavy atom. The second kappa shape index (κ2) is 7.33. The summed E-state index contributed by atoms with van der Waals surface area (Å²) in [6.45, 7) is 0.272. The Hall–Kier alpha value is -1.27. The molecule has 0 fully saturated rings. The molecule has 0 aliphatic carbocycles. The van der Waals surface area contributed by atoms with Crippen LogP contribution in [0.25, 0.3) is 10.2 Å². The van der Waals surface area contributed by atoms with Gasteiger partial charge in [-0.05, 0) is 30.3 Å². The quantitative estimate of drug-likeness (QED) is 0.665. The van der Waals surface area contributed by atoms with Crippen molar-refractivity contribution in [3.8, 4) is 5.75 Å². The van der Waals surface area contributed by atoms with Gasteiger partial charge in [0.1, 0.15) is 12.4 Å². The van der Waals surface area contributed by atoms with Gasteiger partial charge < -0.3 is 9.84 Å². The lowest BCUT2D eigenvalue weighted by molar-refractivity contribution is 0.126. The molecular formula is C16H14ClNO2S2. The van der Waals surface area contributed by atoms with Crippen LogP contribution in [0.4, 0.5) is 0 Å². The van der Waals surface area contributed by atoms with Crippen molar-refractivity contribution in [3.63, 3.8) is 0 Å². The van der Waals surface area contributed by atoms with E-state index in [2.05, 4.69) is 4.98 Å².